The summed E-state index contributed by atoms with van der Waals surface area (Å²) in [5.41, 5.74) is 1.24. The minimum absolute atomic E-state index is 0.0355. The molecule has 0 aliphatic carbocycles. The predicted molar refractivity (Wildman–Crippen MR) is 127 cm³/mol. The van der Waals surface area contributed by atoms with Crippen LogP contribution in [0.1, 0.15) is 38.3 Å². The van der Waals surface area contributed by atoms with Crippen LogP contribution in [0, 0.1) is 5.82 Å². The lowest BCUT2D eigenvalue weighted by Crippen LogP contribution is -2.50. The Bertz CT molecular complexity index is 873. The quantitative estimate of drug-likeness (QED) is 0.470. The highest BCUT2D eigenvalue weighted by Gasteiger charge is 2.29. The summed E-state index contributed by atoms with van der Waals surface area (Å²) in [4.78, 5) is 27.5. The van der Waals surface area contributed by atoms with Gasteiger partial charge < -0.3 is 10.2 Å². The van der Waals surface area contributed by atoms with Crippen LogP contribution < -0.4 is 5.32 Å². The maximum atomic E-state index is 14.0. The van der Waals surface area contributed by atoms with E-state index in [9.17, 15) is 14.0 Å². The topological polar surface area (TPSA) is 49.4 Å². The molecule has 8 heteroatoms. The molecule has 2 amide bonds. The van der Waals surface area contributed by atoms with Gasteiger partial charge in [-0.05, 0) is 50.1 Å². The summed E-state index contributed by atoms with van der Waals surface area (Å²) in [5.74, 6) is -0.418. The standard InChI is InChI=1S/C23H27Cl2FN2O2S/c1-4-21(23(30)27-15(2)3)28(12-16-8-10-17(24)11-9-16)22(29)14-31-13-18-19(25)6-5-7-20(18)26/h5-11,15,21H,4,12-14H2,1-3H3,(H,27,30)/t21-/m0/s1. The van der Waals surface area contributed by atoms with E-state index in [2.05, 4.69) is 5.32 Å². The molecule has 0 spiro atoms. The third-order valence-corrected chi connectivity index (χ3v) is 6.17. The van der Waals surface area contributed by atoms with Crippen molar-refractivity contribution in [1.82, 2.24) is 10.2 Å². The number of hydrogen-bond acceptors (Lipinski definition) is 3. The normalized spacial score (nSPS) is 12.0. The number of rotatable bonds is 10. The van der Waals surface area contributed by atoms with Crippen molar-refractivity contribution < 1.29 is 14.0 Å². The molecule has 1 atom stereocenters. The Morgan fingerprint density at radius 1 is 1.13 bits per heavy atom. The van der Waals surface area contributed by atoms with Crippen molar-refractivity contribution in [3.8, 4) is 0 Å². The Morgan fingerprint density at radius 2 is 1.81 bits per heavy atom. The second-order valence-electron chi connectivity index (χ2n) is 7.43. The SMILES string of the molecule is CC[C@@H](C(=O)NC(C)C)N(Cc1ccc(Cl)cc1)C(=O)CSCc1c(F)cccc1Cl. The number of benzene rings is 2. The Labute approximate surface area is 197 Å². The van der Waals surface area contributed by atoms with Crippen LogP contribution in [-0.4, -0.2) is 34.6 Å². The van der Waals surface area contributed by atoms with Crippen molar-refractivity contribution in [1.29, 1.82) is 0 Å². The van der Waals surface area contributed by atoms with E-state index < -0.39 is 11.9 Å². The molecule has 168 valence electrons. The molecule has 0 aliphatic rings. The van der Waals surface area contributed by atoms with Crippen LogP contribution in [-0.2, 0) is 21.9 Å². The molecular weight excluding hydrogens is 458 g/mol. The van der Waals surface area contributed by atoms with Crippen LogP contribution in [0.15, 0.2) is 42.5 Å². The zero-order chi connectivity index (χ0) is 23.0. The van der Waals surface area contributed by atoms with Gasteiger partial charge in [0.1, 0.15) is 11.9 Å². The van der Waals surface area contributed by atoms with E-state index in [1.807, 2.05) is 32.9 Å². The summed E-state index contributed by atoms with van der Waals surface area (Å²) in [6.45, 7) is 5.91. The molecule has 0 radical (unpaired) electrons. The Kier molecular flexibility index (Phi) is 10.1. The van der Waals surface area contributed by atoms with Gasteiger partial charge in [-0.3, -0.25) is 9.59 Å². The van der Waals surface area contributed by atoms with Crippen LogP contribution in [0.25, 0.3) is 0 Å². The predicted octanol–water partition coefficient (Wildman–Crippen LogP) is 5.70. The van der Waals surface area contributed by atoms with Gasteiger partial charge in [0.15, 0.2) is 0 Å². The lowest BCUT2D eigenvalue weighted by Gasteiger charge is -2.31. The first-order valence-corrected chi connectivity index (χ1v) is 12.0. The molecule has 31 heavy (non-hydrogen) atoms. The fourth-order valence-electron chi connectivity index (χ4n) is 3.08. The van der Waals surface area contributed by atoms with Gasteiger partial charge in [0.2, 0.25) is 11.8 Å². The average molecular weight is 485 g/mol. The molecule has 0 saturated carbocycles. The van der Waals surface area contributed by atoms with Crippen LogP contribution in [0.3, 0.4) is 0 Å². The molecule has 0 saturated heterocycles. The lowest BCUT2D eigenvalue weighted by molar-refractivity contribution is -0.139. The minimum Gasteiger partial charge on any atom is -0.352 e. The summed E-state index contributed by atoms with van der Waals surface area (Å²) in [7, 11) is 0. The van der Waals surface area contributed by atoms with E-state index in [0.717, 1.165) is 5.56 Å². The summed E-state index contributed by atoms with van der Waals surface area (Å²) < 4.78 is 14.0. The van der Waals surface area contributed by atoms with Crippen molar-refractivity contribution in [3.63, 3.8) is 0 Å². The molecule has 2 rings (SSSR count). The van der Waals surface area contributed by atoms with E-state index in [4.69, 9.17) is 23.2 Å². The first kappa shape index (κ1) is 25.5. The first-order valence-electron chi connectivity index (χ1n) is 10.1. The Balaban J connectivity index is 2.16. The van der Waals surface area contributed by atoms with E-state index in [1.54, 1.807) is 29.2 Å². The zero-order valence-corrected chi connectivity index (χ0v) is 20.2. The molecule has 2 aromatic carbocycles. The number of thioether (sulfide) groups is 1. The molecular formula is C23H27Cl2FN2O2S. The minimum atomic E-state index is -0.608. The molecule has 0 bridgehead atoms. The van der Waals surface area contributed by atoms with Crippen molar-refractivity contribution in [2.45, 2.75) is 51.6 Å². The van der Waals surface area contributed by atoms with Gasteiger partial charge in [-0.2, -0.15) is 0 Å². The van der Waals surface area contributed by atoms with Gasteiger partial charge in [0.25, 0.3) is 0 Å². The fraction of sp³-hybridized carbons (Fsp3) is 0.391. The second-order valence-corrected chi connectivity index (χ2v) is 9.26. The van der Waals surface area contributed by atoms with Gasteiger partial charge in [0.05, 0.1) is 5.75 Å². The maximum absolute atomic E-state index is 14.0. The number of hydrogen-bond donors (Lipinski definition) is 1. The largest absolute Gasteiger partial charge is 0.352 e. The third kappa shape index (κ3) is 7.70. The molecule has 2 aromatic rings. The summed E-state index contributed by atoms with van der Waals surface area (Å²) >= 11 is 13.3. The van der Waals surface area contributed by atoms with Crippen molar-refractivity contribution >= 4 is 46.8 Å². The summed E-state index contributed by atoms with van der Waals surface area (Å²) in [6.07, 6.45) is 0.474. The number of carbonyl (C=O) groups is 2. The second kappa shape index (κ2) is 12.3. The van der Waals surface area contributed by atoms with Gasteiger partial charge in [-0.25, -0.2) is 4.39 Å². The molecule has 4 nitrogen and oxygen atoms in total. The van der Waals surface area contributed by atoms with E-state index in [0.29, 0.717) is 22.0 Å². The summed E-state index contributed by atoms with van der Waals surface area (Å²) in [5, 5.41) is 3.83. The van der Waals surface area contributed by atoms with E-state index in [1.165, 1.54) is 17.8 Å². The highest BCUT2D eigenvalue weighted by atomic mass is 35.5. The number of carbonyl (C=O) groups excluding carboxylic acids is 2. The number of amides is 2. The average Bonchev–Trinajstić information content (AvgIpc) is 2.70. The van der Waals surface area contributed by atoms with Crippen LogP contribution in [0.4, 0.5) is 4.39 Å². The van der Waals surface area contributed by atoms with Crippen LogP contribution >= 0.6 is 35.0 Å². The number of halogens is 3. The maximum Gasteiger partial charge on any atom is 0.243 e. The van der Waals surface area contributed by atoms with Gasteiger partial charge in [-0.15, -0.1) is 11.8 Å². The fourth-order valence-corrected chi connectivity index (χ4v) is 4.46. The molecule has 0 fully saturated rings. The Hall–Kier alpha value is -1.76. The van der Waals surface area contributed by atoms with E-state index >= 15 is 0 Å². The molecule has 1 N–H and O–H groups in total. The number of nitrogens with one attached hydrogen (secondary N) is 1. The third-order valence-electron chi connectivity index (χ3n) is 4.62. The summed E-state index contributed by atoms with van der Waals surface area (Å²) in [6, 6.07) is 11.1. The van der Waals surface area contributed by atoms with E-state index in [-0.39, 0.29) is 35.9 Å². The molecule has 0 unspecified atom stereocenters. The molecule has 0 aromatic heterocycles. The molecule has 0 aliphatic heterocycles. The smallest absolute Gasteiger partial charge is 0.243 e. The Morgan fingerprint density at radius 3 is 2.39 bits per heavy atom. The highest BCUT2D eigenvalue weighted by Crippen LogP contribution is 2.25. The van der Waals surface area contributed by atoms with Crippen LogP contribution in [0.5, 0.6) is 0 Å². The van der Waals surface area contributed by atoms with Crippen molar-refractivity contribution in [2.75, 3.05) is 5.75 Å². The lowest BCUT2D eigenvalue weighted by atomic mass is 10.1. The highest BCUT2D eigenvalue weighted by molar-refractivity contribution is 7.99. The first-order chi connectivity index (χ1) is 14.7. The van der Waals surface area contributed by atoms with Gasteiger partial charge >= 0.3 is 0 Å². The van der Waals surface area contributed by atoms with Crippen LogP contribution in [0.2, 0.25) is 10.0 Å². The van der Waals surface area contributed by atoms with Gasteiger partial charge in [0, 0.05) is 33.9 Å². The monoisotopic (exact) mass is 484 g/mol. The zero-order valence-electron chi connectivity index (χ0n) is 17.8. The van der Waals surface area contributed by atoms with Crippen molar-refractivity contribution in [2.24, 2.45) is 0 Å². The van der Waals surface area contributed by atoms with Crippen molar-refractivity contribution in [3.05, 3.63) is 69.5 Å². The molecule has 0 heterocycles. The number of nitrogens with zero attached hydrogens (tertiary/aromatic N) is 1. The van der Waals surface area contributed by atoms with Gasteiger partial charge in [-0.1, -0.05) is 48.3 Å².